The van der Waals surface area contributed by atoms with Crippen LogP contribution in [-0.4, -0.2) is 17.7 Å². The zero-order chi connectivity index (χ0) is 20.3. The third kappa shape index (κ3) is 3.90. The Morgan fingerprint density at radius 3 is 2.48 bits per heavy atom. The zero-order valence-corrected chi connectivity index (χ0v) is 17.2. The normalized spacial score (nSPS) is 20.0. The molecule has 0 amide bonds. The summed E-state index contributed by atoms with van der Waals surface area (Å²) in [6.07, 6.45) is 5.92. The van der Waals surface area contributed by atoms with Crippen LogP contribution in [0, 0.1) is 6.42 Å². The summed E-state index contributed by atoms with van der Waals surface area (Å²) < 4.78 is 6.29. The first-order valence-electron chi connectivity index (χ1n) is 10.0. The fraction of sp³-hybridized carbons (Fsp3) is 0.280. The number of H-pyrrole nitrogens is 1. The molecule has 0 bridgehead atoms. The van der Waals surface area contributed by atoms with Gasteiger partial charge in [0.2, 0.25) is 5.56 Å². The molecule has 1 aliphatic heterocycles. The van der Waals surface area contributed by atoms with E-state index in [0.717, 1.165) is 29.0 Å². The van der Waals surface area contributed by atoms with Crippen LogP contribution in [0.15, 0.2) is 77.7 Å². The fourth-order valence-electron chi connectivity index (χ4n) is 4.59. The van der Waals surface area contributed by atoms with E-state index in [9.17, 15) is 4.79 Å². The number of aromatic nitrogens is 1. The molecule has 2 aromatic carbocycles. The van der Waals surface area contributed by atoms with Crippen LogP contribution < -0.4 is 5.56 Å². The van der Waals surface area contributed by atoms with Crippen LogP contribution in [0.1, 0.15) is 42.4 Å². The van der Waals surface area contributed by atoms with Gasteiger partial charge in [0.1, 0.15) is 0 Å². The summed E-state index contributed by atoms with van der Waals surface area (Å²) in [5, 5.41) is 0.730. The van der Waals surface area contributed by atoms with E-state index in [0.29, 0.717) is 6.61 Å². The fourth-order valence-corrected chi connectivity index (χ4v) is 4.92. The van der Waals surface area contributed by atoms with Crippen molar-refractivity contribution in [2.45, 2.75) is 37.2 Å². The number of hydrogen-bond donors (Lipinski definition) is 1. The topological polar surface area (TPSA) is 42.1 Å². The number of nitrogens with one attached hydrogen (secondary N) is 1. The van der Waals surface area contributed by atoms with E-state index in [1.807, 2.05) is 36.5 Å². The first kappa shape index (κ1) is 19.9. The van der Waals surface area contributed by atoms with Gasteiger partial charge in [0.15, 0.2) is 0 Å². The van der Waals surface area contributed by atoms with Gasteiger partial charge in [-0.25, -0.2) is 0 Å². The number of hydrogen-bond acceptors (Lipinski definition) is 2. The van der Waals surface area contributed by atoms with E-state index in [4.69, 9.17) is 16.3 Å². The van der Waals surface area contributed by atoms with Crippen molar-refractivity contribution in [3.05, 3.63) is 111 Å². The molecule has 2 heterocycles. The molecule has 1 aliphatic rings. The van der Waals surface area contributed by atoms with Crippen molar-refractivity contribution in [1.29, 1.82) is 0 Å². The lowest BCUT2D eigenvalue weighted by Gasteiger charge is -2.44. The lowest BCUT2D eigenvalue weighted by Crippen LogP contribution is -2.42. The lowest BCUT2D eigenvalue weighted by molar-refractivity contribution is 0.00250. The highest BCUT2D eigenvalue weighted by molar-refractivity contribution is 6.31. The number of benzene rings is 2. The van der Waals surface area contributed by atoms with Gasteiger partial charge in [-0.15, -0.1) is 0 Å². The van der Waals surface area contributed by atoms with Crippen molar-refractivity contribution in [3.8, 4) is 0 Å². The predicted octanol–water partition coefficient (Wildman–Crippen LogP) is 5.50. The van der Waals surface area contributed by atoms with Crippen LogP contribution in [0.3, 0.4) is 0 Å². The molecule has 3 aromatic rings. The summed E-state index contributed by atoms with van der Waals surface area (Å²) in [5.74, 6) is -0.0294. The Hall–Kier alpha value is -2.36. The Labute approximate surface area is 176 Å². The number of ether oxygens (including phenoxy) is 1. The molecule has 1 radical (unpaired) electrons. The summed E-state index contributed by atoms with van der Waals surface area (Å²) in [5.41, 5.74) is 2.70. The first-order chi connectivity index (χ1) is 14.1. The number of rotatable bonds is 5. The monoisotopic (exact) mass is 406 g/mol. The number of pyridine rings is 1. The summed E-state index contributed by atoms with van der Waals surface area (Å²) in [7, 11) is 0. The molecule has 1 fully saturated rings. The molecule has 1 saturated heterocycles. The Bertz CT molecular complexity index is 990. The molecule has 1 aromatic heterocycles. The highest BCUT2D eigenvalue weighted by Gasteiger charge is 2.45. The molecule has 0 aliphatic carbocycles. The van der Waals surface area contributed by atoms with Crippen LogP contribution in [0.4, 0.5) is 0 Å². The third-order valence-corrected chi connectivity index (χ3v) is 6.35. The Balaban J connectivity index is 1.96. The highest BCUT2D eigenvalue weighted by Crippen LogP contribution is 2.50. The SMILES string of the molecule is CC(c1ccccc1)(c1ccccc1Cl)C(c1ccc(=O)[nH]c1)[C@@H]1C[CH]CCO1. The van der Waals surface area contributed by atoms with Crippen LogP contribution >= 0.6 is 11.6 Å². The van der Waals surface area contributed by atoms with Gasteiger partial charge in [-0.3, -0.25) is 4.79 Å². The van der Waals surface area contributed by atoms with Gasteiger partial charge in [0.25, 0.3) is 0 Å². The van der Waals surface area contributed by atoms with Crippen LogP contribution in [0.5, 0.6) is 0 Å². The molecule has 149 valence electrons. The van der Waals surface area contributed by atoms with E-state index in [-0.39, 0.29) is 17.6 Å². The average Bonchev–Trinajstić information content (AvgIpc) is 2.77. The van der Waals surface area contributed by atoms with Crippen molar-refractivity contribution in [1.82, 2.24) is 4.98 Å². The molecule has 4 rings (SSSR count). The molecule has 4 heteroatoms. The van der Waals surface area contributed by atoms with Crippen molar-refractivity contribution < 1.29 is 4.74 Å². The molecule has 1 N–H and O–H groups in total. The van der Waals surface area contributed by atoms with E-state index in [1.165, 1.54) is 5.56 Å². The van der Waals surface area contributed by atoms with Gasteiger partial charge in [-0.05, 0) is 42.0 Å². The second kappa shape index (κ2) is 8.56. The predicted molar refractivity (Wildman–Crippen MR) is 117 cm³/mol. The van der Waals surface area contributed by atoms with Gasteiger partial charge < -0.3 is 9.72 Å². The second-order valence-corrected chi connectivity index (χ2v) is 8.14. The van der Waals surface area contributed by atoms with Crippen LogP contribution in [0.25, 0.3) is 0 Å². The second-order valence-electron chi connectivity index (χ2n) is 7.73. The van der Waals surface area contributed by atoms with E-state index < -0.39 is 5.41 Å². The first-order valence-corrected chi connectivity index (χ1v) is 10.4. The van der Waals surface area contributed by atoms with Crippen molar-refractivity contribution >= 4 is 11.6 Å². The van der Waals surface area contributed by atoms with E-state index in [2.05, 4.69) is 48.7 Å². The largest absolute Gasteiger partial charge is 0.378 e. The van der Waals surface area contributed by atoms with E-state index >= 15 is 0 Å². The Kier molecular flexibility index (Phi) is 5.89. The smallest absolute Gasteiger partial charge is 0.247 e. The van der Waals surface area contributed by atoms with Gasteiger partial charge >= 0.3 is 0 Å². The van der Waals surface area contributed by atoms with Crippen molar-refractivity contribution in [3.63, 3.8) is 0 Å². The summed E-state index contributed by atoms with van der Waals surface area (Å²) in [4.78, 5) is 14.6. The minimum Gasteiger partial charge on any atom is -0.378 e. The molecule has 2 unspecified atom stereocenters. The summed E-state index contributed by atoms with van der Waals surface area (Å²) >= 11 is 6.75. The maximum atomic E-state index is 11.8. The molecule has 3 atom stereocenters. The highest BCUT2D eigenvalue weighted by atomic mass is 35.5. The third-order valence-electron chi connectivity index (χ3n) is 6.02. The molecular weight excluding hydrogens is 382 g/mol. The van der Waals surface area contributed by atoms with Gasteiger partial charge in [-0.1, -0.05) is 73.1 Å². The maximum absolute atomic E-state index is 11.8. The number of halogens is 1. The Morgan fingerprint density at radius 2 is 1.83 bits per heavy atom. The lowest BCUT2D eigenvalue weighted by atomic mass is 9.62. The number of aromatic amines is 1. The minimum absolute atomic E-state index is 0.0175. The molecular formula is C25H25ClNO2. The van der Waals surface area contributed by atoms with Gasteiger partial charge in [-0.2, -0.15) is 0 Å². The van der Waals surface area contributed by atoms with Crippen molar-refractivity contribution in [2.75, 3.05) is 6.61 Å². The molecule has 0 saturated carbocycles. The summed E-state index contributed by atoms with van der Waals surface area (Å²) in [6, 6.07) is 22.0. The zero-order valence-electron chi connectivity index (χ0n) is 16.5. The average molecular weight is 407 g/mol. The Morgan fingerprint density at radius 1 is 1.07 bits per heavy atom. The molecule has 0 spiro atoms. The van der Waals surface area contributed by atoms with E-state index in [1.54, 1.807) is 6.07 Å². The maximum Gasteiger partial charge on any atom is 0.247 e. The molecule has 3 nitrogen and oxygen atoms in total. The minimum atomic E-state index is -0.451. The van der Waals surface area contributed by atoms with Crippen LogP contribution in [-0.2, 0) is 10.2 Å². The van der Waals surface area contributed by atoms with Gasteiger partial charge in [0.05, 0.1) is 6.10 Å². The van der Waals surface area contributed by atoms with Gasteiger partial charge in [0, 0.05) is 35.2 Å². The van der Waals surface area contributed by atoms with Crippen molar-refractivity contribution in [2.24, 2.45) is 0 Å². The quantitative estimate of drug-likeness (QED) is 0.607. The summed E-state index contributed by atoms with van der Waals surface area (Å²) in [6.45, 7) is 2.94. The molecule has 29 heavy (non-hydrogen) atoms. The van der Waals surface area contributed by atoms with Crippen LogP contribution in [0.2, 0.25) is 5.02 Å². The standard InChI is InChI=1S/C25H25ClNO2/c1-25(19-9-3-2-4-10-19,20-11-5-6-12-21(20)26)24(22-13-7-8-16-29-22)18-14-15-23(28)27-17-18/h2-7,9-12,14-15,17,22,24H,8,13,16H2,1H3,(H,27,28)/t22-,24?,25?/m0/s1.